The van der Waals surface area contributed by atoms with Crippen LogP contribution in [0.4, 0.5) is 4.39 Å². The molecule has 0 bridgehead atoms. The number of aryl methyl sites for hydroxylation is 1. The molecule has 1 aromatic carbocycles. The quantitative estimate of drug-likeness (QED) is 0.589. The molecule has 0 saturated carbocycles. The van der Waals surface area contributed by atoms with Crippen molar-refractivity contribution in [1.29, 1.82) is 5.26 Å². The van der Waals surface area contributed by atoms with Gasteiger partial charge in [-0.15, -0.1) is 12.6 Å². The van der Waals surface area contributed by atoms with Crippen LogP contribution in [-0.2, 0) is 0 Å². The van der Waals surface area contributed by atoms with E-state index in [0.29, 0.717) is 5.56 Å². The molecule has 0 saturated heterocycles. The smallest absolute Gasteiger partial charge is 0.137 e. The minimum Gasteiger partial charge on any atom is -0.206 e. The average Bonchev–Trinajstić information content (AvgIpc) is 1.99. The molecule has 0 aliphatic carbocycles. The maximum Gasteiger partial charge on any atom is 0.137 e. The molecule has 3 heteroatoms. The number of hydrogen-bond acceptors (Lipinski definition) is 2. The summed E-state index contributed by atoms with van der Waals surface area (Å²) >= 11 is 3.86. The normalized spacial score (nSPS) is 9.27. The first kappa shape index (κ1) is 8.09. The van der Waals surface area contributed by atoms with E-state index in [9.17, 15) is 4.39 Å². The van der Waals surface area contributed by atoms with E-state index < -0.39 is 5.82 Å². The highest BCUT2D eigenvalue weighted by atomic mass is 32.1. The van der Waals surface area contributed by atoms with Gasteiger partial charge in [-0.25, -0.2) is 4.39 Å². The molecule has 0 aliphatic rings. The Morgan fingerprint density at radius 2 is 2.18 bits per heavy atom. The van der Waals surface area contributed by atoms with E-state index in [1.165, 1.54) is 6.07 Å². The van der Waals surface area contributed by atoms with Gasteiger partial charge in [-0.05, 0) is 18.6 Å². The van der Waals surface area contributed by atoms with Crippen LogP contribution in [0.1, 0.15) is 11.1 Å². The zero-order chi connectivity index (χ0) is 8.43. The molecular weight excluding hydrogens is 161 g/mol. The minimum absolute atomic E-state index is 0.132. The molecule has 56 valence electrons. The second-order valence-electron chi connectivity index (χ2n) is 2.20. The second kappa shape index (κ2) is 2.93. The summed E-state index contributed by atoms with van der Waals surface area (Å²) in [4.78, 5) is 0.132. The summed E-state index contributed by atoms with van der Waals surface area (Å²) in [6.07, 6.45) is 0. The predicted molar refractivity (Wildman–Crippen MR) is 43.1 cm³/mol. The van der Waals surface area contributed by atoms with Gasteiger partial charge in [0.15, 0.2) is 0 Å². The molecule has 1 rings (SSSR count). The molecule has 0 amide bonds. The number of nitrogens with zero attached hydrogens (tertiary/aromatic N) is 1. The van der Waals surface area contributed by atoms with Gasteiger partial charge in [-0.2, -0.15) is 5.26 Å². The fraction of sp³-hybridized carbons (Fsp3) is 0.125. The van der Waals surface area contributed by atoms with Crippen LogP contribution in [0.3, 0.4) is 0 Å². The van der Waals surface area contributed by atoms with Crippen LogP contribution in [-0.4, -0.2) is 0 Å². The van der Waals surface area contributed by atoms with Crippen molar-refractivity contribution in [3.63, 3.8) is 0 Å². The lowest BCUT2D eigenvalue weighted by atomic mass is 10.1. The number of benzene rings is 1. The number of thiol groups is 1. The van der Waals surface area contributed by atoms with Crippen LogP contribution in [0.5, 0.6) is 0 Å². The zero-order valence-corrected chi connectivity index (χ0v) is 6.82. The van der Waals surface area contributed by atoms with E-state index in [2.05, 4.69) is 12.6 Å². The Morgan fingerprint density at radius 3 is 2.64 bits per heavy atom. The number of hydrogen-bond donors (Lipinski definition) is 1. The lowest BCUT2D eigenvalue weighted by molar-refractivity contribution is 0.601. The highest BCUT2D eigenvalue weighted by Gasteiger charge is 2.06. The van der Waals surface area contributed by atoms with Gasteiger partial charge in [-0.3, -0.25) is 0 Å². The van der Waals surface area contributed by atoms with Crippen LogP contribution >= 0.6 is 12.6 Å². The Labute approximate surface area is 69.9 Å². The molecule has 0 N–H and O–H groups in total. The monoisotopic (exact) mass is 167 g/mol. The summed E-state index contributed by atoms with van der Waals surface area (Å²) in [5.74, 6) is -0.449. The molecule has 0 heterocycles. The van der Waals surface area contributed by atoms with Gasteiger partial charge in [0.25, 0.3) is 0 Å². The van der Waals surface area contributed by atoms with Crippen LogP contribution in [0.15, 0.2) is 17.0 Å². The molecule has 0 aliphatic heterocycles. The van der Waals surface area contributed by atoms with E-state index >= 15 is 0 Å². The average molecular weight is 167 g/mol. The molecule has 11 heavy (non-hydrogen) atoms. The molecule has 0 radical (unpaired) electrons. The Balaban J connectivity index is 3.44. The highest BCUT2D eigenvalue weighted by Crippen LogP contribution is 2.19. The Morgan fingerprint density at radius 1 is 1.55 bits per heavy atom. The van der Waals surface area contributed by atoms with Gasteiger partial charge < -0.3 is 0 Å². The second-order valence-corrected chi connectivity index (χ2v) is 2.65. The summed E-state index contributed by atoms with van der Waals surface area (Å²) in [5.41, 5.74) is 1.06. The van der Waals surface area contributed by atoms with E-state index in [1.807, 2.05) is 6.07 Å². The summed E-state index contributed by atoms with van der Waals surface area (Å²) in [6, 6.07) is 4.76. The lowest BCUT2D eigenvalue weighted by Gasteiger charge is -2.00. The molecule has 0 atom stereocenters. The maximum atomic E-state index is 12.7. The van der Waals surface area contributed by atoms with Crippen LogP contribution < -0.4 is 0 Å². The van der Waals surface area contributed by atoms with E-state index in [-0.39, 0.29) is 4.90 Å². The molecule has 1 aromatic rings. The van der Waals surface area contributed by atoms with Gasteiger partial charge in [0, 0.05) is 0 Å². The van der Waals surface area contributed by atoms with Crippen LogP contribution in [0.2, 0.25) is 0 Å². The number of nitriles is 1. The van der Waals surface area contributed by atoms with Crippen molar-refractivity contribution >= 4 is 12.6 Å². The minimum atomic E-state index is -0.449. The van der Waals surface area contributed by atoms with Gasteiger partial charge in [0.05, 0.1) is 10.5 Å². The predicted octanol–water partition coefficient (Wildman–Crippen LogP) is 2.29. The summed E-state index contributed by atoms with van der Waals surface area (Å²) < 4.78 is 12.7. The molecule has 0 fully saturated rings. The van der Waals surface area contributed by atoms with Crippen molar-refractivity contribution in [3.8, 4) is 6.07 Å². The topological polar surface area (TPSA) is 23.8 Å². The van der Waals surface area contributed by atoms with E-state index in [0.717, 1.165) is 5.56 Å². The third-order valence-electron chi connectivity index (χ3n) is 1.45. The first-order chi connectivity index (χ1) is 5.16. The largest absolute Gasteiger partial charge is 0.206 e. The van der Waals surface area contributed by atoms with Crippen LogP contribution in [0, 0.1) is 24.1 Å². The first-order valence-corrected chi connectivity index (χ1v) is 3.49. The van der Waals surface area contributed by atoms with Crippen molar-refractivity contribution in [2.75, 3.05) is 0 Å². The molecule has 1 nitrogen and oxygen atoms in total. The number of rotatable bonds is 0. The Bertz CT molecular complexity index is 328. The van der Waals surface area contributed by atoms with Crippen molar-refractivity contribution in [2.24, 2.45) is 0 Å². The molecule has 0 aromatic heterocycles. The van der Waals surface area contributed by atoms with E-state index in [4.69, 9.17) is 5.26 Å². The maximum absolute atomic E-state index is 12.7. The third kappa shape index (κ3) is 1.36. The Kier molecular flexibility index (Phi) is 2.16. The van der Waals surface area contributed by atoms with Gasteiger partial charge in [0.1, 0.15) is 11.9 Å². The lowest BCUT2D eigenvalue weighted by Crippen LogP contribution is -1.87. The van der Waals surface area contributed by atoms with Crippen molar-refractivity contribution in [1.82, 2.24) is 0 Å². The number of halogens is 1. The first-order valence-electron chi connectivity index (χ1n) is 3.05. The van der Waals surface area contributed by atoms with E-state index in [1.54, 1.807) is 13.0 Å². The van der Waals surface area contributed by atoms with Crippen molar-refractivity contribution in [2.45, 2.75) is 11.8 Å². The molecular formula is C8H6FNS. The van der Waals surface area contributed by atoms with Crippen molar-refractivity contribution < 1.29 is 4.39 Å². The van der Waals surface area contributed by atoms with Crippen molar-refractivity contribution in [3.05, 3.63) is 29.1 Å². The molecule has 0 unspecified atom stereocenters. The zero-order valence-electron chi connectivity index (χ0n) is 5.93. The van der Waals surface area contributed by atoms with Crippen LogP contribution in [0.25, 0.3) is 0 Å². The fourth-order valence-corrected chi connectivity index (χ4v) is 1.11. The summed E-state index contributed by atoms with van der Waals surface area (Å²) in [7, 11) is 0. The highest BCUT2D eigenvalue weighted by molar-refractivity contribution is 7.80. The Hall–Kier alpha value is -1.01. The fourth-order valence-electron chi connectivity index (χ4n) is 0.808. The summed E-state index contributed by atoms with van der Waals surface area (Å²) in [6.45, 7) is 1.75. The SMILES string of the molecule is Cc1ccc(F)c(S)c1C#N. The molecule has 0 spiro atoms. The summed E-state index contributed by atoms with van der Waals surface area (Å²) in [5, 5.41) is 8.56. The van der Waals surface area contributed by atoms with Gasteiger partial charge in [-0.1, -0.05) is 6.07 Å². The third-order valence-corrected chi connectivity index (χ3v) is 1.89. The van der Waals surface area contributed by atoms with Gasteiger partial charge >= 0.3 is 0 Å². The standard InChI is InChI=1S/C8H6FNS/c1-5-2-3-7(9)8(11)6(5)4-10/h2-3,11H,1H3. The van der Waals surface area contributed by atoms with Gasteiger partial charge in [0.2, 0.25) is 0 Å².